The molecule has 0 radical (unpaired) electrons. The number of hydrogen-bond donors (Lipinski definition) is 4. The molecule has 5 atom stereocenters. The molecular weight excluding hydrogens is 566 g/mol. The Morgan fingerprint density at radius 3 is 2.41 bits per heavy atom. The Kier molecular flexibility index (Phi) is 8.90. The van der Waals surface area contributed by atoms with Crippen LogP contribution < -0.4 is 16.0 Å². The number of rotatable bonds is 3. The van der Waals surface area contributed by atoms with E-state index < -0.39 is 53.1 Å². The first-order valence-electron chi connectivity index (χ1n) is 15.5. The molecule has 0 spiro atoms. The lowest BCUT2D eigenvalue weighted by Crippen LogP contribution is -2.56. The quantitative estimate of drug-likeness (QED) is 0.384. The number of carboxylic acid groups (broad SMARTS) is 1. The summed E-state index contributed by atoms with van der Waals surface area (Å²) in [6.45, 7) is 6.15. The van der Waals surface area contributed by atoms with Gasteiger partial charge in [0.2, 0.25) is 11.8 Å². The van der Waals surface area contributed by atoms with Crippen LogP contribution in [0.4, 0.5) is 9.59 Å². The first-order chi connectivity index (χ1) is 20.9. The second-order valence-corrected chi connectivity index (χ2v) is 13.4. The summed E-state index contributed by atoms with van der Waals surface area (Å²) in [5.41, 5.74) is -0.0655. The third-order valence-electron chi connectivity index (χ3n) is 8.81. The SMILES string of the molecule is CC(C)(C)OC(=O)N[C@H]1CCCCC/C=C\[C@@H]2C[C@@]2(C(=O)O)NC(=O)[C@@H]2C[C@@H](NC(=O)N3Cc4ccccc4C3)CN2C1=O. The Bertz CT molecular complexity index is 1320. The van der Waals surface area contributed by atoms with Crippen LogP contribution in [0.1, 0.15) is 76.8 Å². The molecule has 1 saturated heterocycles. The summed E-state index contributed by atoms with van der Waals surface area (Å²) in [5, 5.41) is 18.5. The van der Waals surface area contributed by atoms with Crippen molar-refractivity contribution >= 4 is 29.9 Å². The van der Waals surface area contributed by atoms with Crippen molar-refractivity contribution in [1.82, 2.24) is 25.8 Å². The van der Waals surface area contributed by atoms with Crippen LogP contribution >= 0.6 is 0 Å². The number of benzene rings is 1. The molecule has 4 N–H and O–H groups in total. The van der Waals surface area contributed by atoms with Crippen molar-refractivity contribution in [2.75, 3.05) is 6.54 Å². The minimum Gasteiger partial charge on any atom is -0.479 e. The number of carbonyl (C=O) groups is 5. The fourth-order valence-electron chi connectivity index (χ4n) is 6.40. The summed E-state index contributed by atoms with van der Waals surface area (Å²) in [4.78, 5) is 69.2. The van der Waals surface area contributed by atoms with Crippen molar-refractivity contribution in [3.05, 3.63) is 47.5 Å². The van der Waals surface area contributed by atoms with Crippen LogP contribution in [0.15, 0.2) is 36.4 Å². The van der Waals surface area contributed by atoms with Crippen molar-refractivity contribution in [2.45, 2.75) is 108 Å². The van der Waals surface area contributed by atoms with E-state index in [9.17, 15) is 29.1 Å². The second-order valence-electron chi connectivity index (χ2n) is 13.4. The molecule has 2 fully saturated rings. The number of fused-ring (bicyclic) bond motifs is 3. The topological polar surface area (TPSA) is 157 Å². The Hall–Kier alpha value is -4.09. The largest absolute Gasteiger partial charge is 0.479 e. The molecule has 0 bridgehead atoms. The molecule has 4 aliphatic rings. The fraction of sp³-hybridized carbons (Fsp3) is 0.594. The van der Waals surface area contributed by atoms with E-state index >= 15 is 0 Å². The Morgan fingerprint density at radius 1 is 1.05 bits per heavy atom. The van der Waals surface area contributed by atoms with E-state index in [0.29, 0.717) is 25.9 Å². The molecule has 1 aliphatic carbocycles. The Labute approximate surface area is 257 Å². The van der Waals surface area contributed by atoms with E-state index in [-0.39, 0.29) is 31.3 Å². The predicted molar refractivity (Wildman–Crippen MR) is 160 cm³/mol. The van der Waals surface area contributed by atoms with Gasteiger partial charge in [-0.3, -0.25) is 9.59 Å². The maximum atomic E-state index is 14.1. The standard InChI is InChI=1S/C32H43N5O7/c1-31(2,3)44-30(43)34-24-14-8-6-4-5-7-13-22-16-32(22,28(40)41)35-26(38)25-15-23(19-37(25)27(24)39)33-29(42)36-17-20-11-9-10-12-21(20)18-36/h7,9-13,22-25H,4-6,8,14-19H2,1-3H3,(H,33,42)(H,34,43)(H,35,38)(H,40,41)/b13-7-/t22-,23-,24+,25+,32-/m1/s1. The molecule has 1 aromatic rings. The lowest BCUT2D eigenvalue weighted by Gasteiger charge is -2.30. The van der Waals surface area contributed by atoms with Gasteiger partial charge < -0.3 is 35.6 Å². The Morgan fingerprint density at radius 2 is 1.75 bits per heavy atom. The summed E-state index contributed by atoms with van der Waals surface area (Å²) in [6, 6.07) is 4.98. The summed E-state index contributed by atoms with van der Waals surface area (Å²) in [5.74, 6) is -2.52. The van der Waals surface area contributed by atoms with Gasteiger partial charge >= 0.3 is 18.1 Å². The fourth-order valence-corrected chi connectivity index (χ4v) is 6.40. The van der Waals surface area contributed by atoms with Gasteiger partial charge in [-0.1, -0.05) is 49.3 Å². The average molecular weight is 610 g/mol. The molecule has 12 heteroatoms. The number of carboxylic acids is 1. The molecule has 3 heterocycles. The van der Waals surface area contributed by atoms with Gasteiger partial charge in [0.1, 0.15) is 23.2 Å². The monoisotopic (exact) mass is 609 g/mol. The smallest absolute Gasteiger partial charge is 0.408 e. The predicted octanol–water partition coefficient (Wildman–Crippen LogP) is 3.05. The van der Waals surface area contributed by atoms with Crippen LogP contribution in [0.25, 0.3) is 0 Å². The number of nitrogens with zero attached hydrogens (tertiary/aromatic N) is 2. The molecule has 12 nitrogen and oxygen atoms in total. The number of carbonyl (C=O) groups excluding carboxylic acids is 4. The van der Waals surface area contributed by atoms with Crippen LogP contribution in [0.5, 0.6) is 0 Å². The third kappa shape index (κ3) is 7.00. The summed E-state index contributed by atoms with van der Waals surface area (Å²) in [6.07, 6.45) is 6.84. The third-order valence-corrected chi connectivity index (χ3v) is 8.81. The van der Waals surface area contributed by atoms with Crippen LogP contribution in [0, 0.1) is 5.92 Å². The number of alkyl carbamates (subject to hydrolysis) is 1. The highest BCUT2D eigenvalue weighted by molar-refractivity contribution is 5.96. The zero-order valence-corrected chi connectivity index (χ0v) is 25.6. The van der Waals surface area contributed by atoms with Gasteiger partial charge in [-0.25, -0.2) is 14.4 Å². The van der Waals surface area contributed by atoms with Gasteiger partial charge in [0.25, 0.3) is 0 Å². The molecule has 0 unspecified atom stereocenters. The zero-order valence-electron chi connectivity index (χ0n) is 25.6. The maximum absolute atomic E-state index is 14.1. The highest BCUT2D eigenvalue weighted by atomic mass is 16.6. The molecule has 1 aromatic carbocycles. The van der Waals surface area contributed by atoms with Gasteiger partial charge in [0.15, 0.2) is 0 Å². The minimum absolute atomic E-state index is 0.0410. The summed E-state index contributed by atoms with van der Waals surface area (Å²) >= 11 is 0. The number of urea groups is 1. The van der Waals surface area contributed by atoms with Gasteiger partial charge in [0, 0.05) is 25.6 Å². The van der Waals surface area contributed by atoms with Gasteiger partial charge in [-0.15, -0.1) is 0 Å². The van der Waals surface area contributed by atoms with Gasteiger partial charge in [-0.05, 0) is 64.0 Å². The second kappa shape index (κ2) is 12.5. The van der Waals surface area contributed by atoms with Crippen LogP contribution in [-0.4, -0.2) is 80.6 Å². The summed E-state index contributed by atoms with van der Waals surface area (Å²) < 4.78 is 5.43. The normalized spacial score (nSPS) is 29.6. The number of aliphatic carboxylic acids is 1. The van der Waals surface area contributed by atoms with Crippen molar-refractivity contribution in [1.29, 1.82) is 0 Å². The minimum atomic E-state index is -1.43. The summed E-state index contributed by atoms with van der Waals surface area (Å²) in [7, 11) is 0. The van der Waals surface area contributed by atoms with E-state index in [4.69, 9.17) is 4.74 Å². The number of ether oxygens (including phenoxy) is 1. The molecule has 3 aliphatic heterocycles. The lowest BCUT2D eigenvalue weighted by molar-refractivity contribution is -0.145. The molecule has 5 amide bonds. The van der Waals surface area contributed by atoms with Crippen LogP contribution in [-0.2, 0) is 32.2 Å². The molecule has 44 heavy (non-hydrogen) atoms. The van der Waals surface area contributed by atoms with Crippen molar-refractivity contribution in [2.24, 2.45) is 5.92 Å². The van der Waals surface area contributed by atoms with Crippen molar-refractivity contribution in [3.8, 4) is 0 Å². The molecular formula is C32H43N5O7. The Balaban J connectivity index is 1.37. The number of hydrogen-bond acceptors (Lipinski definition) is 6. The number of allylic oxidation sites excluding steroid dienone is 1. The zero-order chi connectivity index (χ0) is 31.6. The van der Waals surface area contributed by atoms with Crippen LogP contribution in [0.3, 0.4) is 0 Å². The number of nitrogens with one attached hydrogen (secondary N) is 3. The van der Waals surface area contributed by atoms with E-state index in [1.54, 1.807) is 25.7 Å². The highest BCUT2D eigenvalue weighted by Crippen LogP contribution is 2.45. The van der Waals surface area contributed by atoms with E-state index in [2.05, 4.69) is 16.0 Å². The van der Waals surface area contributed by atoms with E-state index in [1.165, 1.54) is 4.90 Å². The van der Waals surface area contributed by atoms with Crippen LogP contribution in [0.2, 0.25) is 0 Å². The van der Waals surface area contributed by atoms with E-state index in [1.807, 2.05) is 36.4 Å². The van der Waals surface area contributed by atoms with Crippen molar-refractivity contribution < 1.29 is 33.8 Å². The molecule has 238 valence electrons. The number of amides is 5. The van der Waals surface area contributed by atoms with Gasteiger partial charge in [0.05, 0.1) is 6.04 Å². The van der Waals surface area contributed by atoms with Crippen molar-refractivity contribution in [3.63, 3.8) is 0 Å². The lowest BCUT2D eigenvalue weighted by atomic mass is 10.0. The molecule has 0 aromatic heterocycles. The van der Waals surface area contributed by atoms with Gasteiger partial charge in [-0.2, -0.15) is 0 Å². The maximum Gasteiger partial charge on any atom is 0.408 e. The molecule has 1 saturated carbocycles. The van der Waals surface area contributed by atoms with E-state index in [0.717, 1.165) is 30.4 Å². The first-order valence-corrected chi connectivity index (χ1v) is 15.5. The first kappa shape index (κ1) is 31.3. The molecule has 5 rings (SSSR count). The highest BCUT2D eigenvalue weighted by Gasteiger charge is 2.61. The average Bonchev–Trinajstić information content (AvgIpc) is 3.27.